The van der Waals surface area contributed by atoms with Crippen LogP contribution in [0.2, 0.25) is 0 Å². The highest BCUT2D eigenvalue weighted by Crippen LogP contribution is 2.00. The Hall–Kier alpha value is -2.08. The van der Waals surface area contributed by atoms with Gasteiger partial charge in [0.15, 0.2) is 0 Å². The number of carbonyl (C=O) groups excluding carboxylic acids is 1. The lowest BCUT2D eigenvalue weighted by atomic mass is 10.2. The predicted octanol–water partition coefficient (Wildman–Crippen LogP) is 0.928. The number of carbonyl (C=O) groups is 2. The van der Waals surface area contributed by atoms with Crippen molar-refractivity contribution in [2.45, 2.75) is 12.6 Å². The molecule has 0 aliphatic carbocycles. The van der Waals surface area contributed by atoms with Gasteiger partial charge in [0.2, 0.25) is 0 Å². The van der Waals surface area contributed by atoms with E-state index >= 15 is 0 Å². The standard InChI is InChI=1S/C13H18N2O4/c1-15(2)11(12(16)17)8-14-13(18)19-9-10-6-4-3-5-7-10/h3-7,11H,8-9H2,1-2H3,(H,14,18)(H,16,17)/t11-/m0/s1. The van der Waals surface area contributed by atoms with Crippen LogP contribution in [0.15, 0.2) is 30.3 Å². The fourth-order valence-electron chi connectivity index (χ4n) is 1.44. The van der Waals surface area contributed by atoms with Gasteiger partial charge >= 0.3 is 12.1 Å². The zero-order valence-electron chi connectivity index (χ0n) is 11.0. The molecular weight excluding hydrogens is 248 g/mol. The van der Waals surface area contributed by atoms with E-state index in [1.54, 1.807) is 14.1 Å². The predicted molar refractivity (Wildman–Crippen MR) is 69.7 cm³/mol. The number of carboxylic acids is 1. The third-order valence-corrected chi connectivity index (χ3v) is 2.56. The monoisotopic (exact) mass is 266 g/mol. The molecule has 0 aliphatic heterocycles. The summed E-state index contributed by atoms with van der Waals surface area (Å²) >= 11 is 0. The van der Waals surface area contributed by atoms with E-state index in [4.69, 9.17) is 9.84 Å². The Balaban J connectivity index is 2.33. The topological polar surface area (TPSA) is 78.9 Å². The normalized spacial score (nSPS) is 11.9. The summed E-state index contributed by atoms with van der Waals surface area (Å²) in [4.78, 5) is 23.8. The molecule has 1 atom stereocenters. The van der Waals surface area contributed by atoms with Crippen molar-refractivity contribution < 1.29 is 19.4 Å². The van der Waals surface area contributed by atoms with E-state index in [0.29, 0.717) is 0 Å². The van der Waals surface area contributed by atoms with Crippen molar-refractivity contribution in [1.29, 1.82) is 0 Å². The molecule has 0 aromatic heterocycles. The number of ether oxygens (including phenoxy) is 1. The second kappa shape index (κ2) is 7.38. The molecule has 0 unspecified atom stereocenters. The smallest absolute Gasteiger partial charge is 0.407 e. The first-order chi connectivity index (χ1) is 9.00. The van der Waals surface area contributed by atoms with Crippen LogP contribution in [0.3, 0.4) is 0 Å². The molecule has 0 spiro atoms. The lowest BCUT2D eigenvalue weighted by Crippen LogP contribution is -2.45. The number of rotatable bonds is 6. The van der Waals surface area contributed by atoms with Crippen LogP contribution in [0.25, 0.3) is 0 Å². The van der Waals surface area contributed by atoms with E-state index in [-0.39, 0.29) is 13.2 Å². The van der Waals surface area contributed by atoms with Crippen LogP contribution in [0.1, 0.15) is 5.56 Å². The summed E-state index contributed by atoms with van der Waals surface area (Å²) in [6.07, 6.45) is -0.628. The van der Waals surface area contributed by atoms with Gasteiger partial charge in [-0.2, -0.15) is 0 Å². The molecule has 6 nitrogen and oxygen atoms in total. The third-order valence-electron chi connectivity index (χ3n) is 2.56. The molecule has 1 aromatic carbocycles. The van der Waals surface area contributed by atoms with Crippen molar-refractivity contribution in [3.05, 3.63) is 35.9 Å². The van der Waals surface area contributed by atoms with Gasteiger partial charge in [-0.05, 0) is 19.7 Å². The number of likely N-dealkylation sites (N-methyl/N-ethyl adjacent to an activating group) is 1. The molecule has 0 fully saturated rings. The zero-order valence-corrected chi connectivity index (χ0v) is 11.0. The summed E-state index contributed by atoms with van der Waals surface area (Å²) in [5, 5.41) is 11.4. The molecule has 0 aliphatic rings. The first-order valence-corrected chi connectivity index (χ1v) is 5.84. The van der Waals surface area contributed by atoms with Crippen molar-refractivity contribution in [2.75, 3.05) is 20.6 Å². The van der Waals surface area contributed by atoms with Gasteiger partial charge < -0.3 is 15.2 Å². The molecule has 0 heterocycles. The minimum atomic E-state index is -0.992. The highest BCUT2D eigenvalue weighted by molar-refractivity contribution is 5.75. The molecule has 0 bridgehead atoms. The Kier molecular flexibility index (Phi) is 5.81. The van der Waals surface area contributed by atoms with Gasteiger partial charge in [0.25, 0.3) is 0 Å². The van der Waals surface area contributed by atoms with Crippen LogP contribution in [0, 0.1) is 0 Å². The highest BCUT2D eigenvalue weighted by Gasteiger charge is 2.20. The quantitative estimate of drug-likeness (QED) is 0.800. The minimum absolute atomic E-state index is 0.00401. The van der Waals surface area contributed by atoms with Crippen molar-refractivity contribution in [3.63, 3.8) is 0 Å². The molecule has 2 N–H and O–H groups in total. The molecule has 19 heavy (non-hydrogen) atoms. The van der Waals surface area contributed by atoms with Gasteiger partial charge in [0.1, 0.15) is 12.6 Å². The summed E-state index contributed by atoms with van der Waals surface area (Å²) in [5.74, 6) is -0.992. The lowest BCUT2D eigenvalue weighted by Gasteiger charge is -2.20. The van der Waals surface area contributed by atoms with Gasteiger partial charge in [0, 0.05) is 6.54 Å². The summed E-state index contributed by atoms with van der Waals surface area (Å²) in [6, 6.07) is 8.48. The molecule has 0 radical (unpaired) electrons. The molecular formula is C13H18N2O4. The second-order valence-electron chi connectivity index (χ2n) is 4.26. The van der Waals surface area contributed by atoms with Crippen LogP contribution in [-0.2, 0) is 16.1 Å². The maximum absolute atomic E-state index is 11.4. The number of aliphatic carboxylic acids is 1. The molecule has 1 rings (SSSR count). The molecule has 0 saturated carbocycles. The number of carboxylic acid groups (broad SMARTS) is 1. The van der Waals surface area contributed by atoms with Crippen LogP contribution in [0.4, 0.5) is 4.79 Å². The van der Waals surface area contributed by atoms with Crippen LogP contribution >= 0.6 is 0 Å². The van der Waals surface area contributed by atoms with E-state index in [9.17, 15) is 9.59 Å². The number of hydrogen-bond acceptors (Lipinski definition) is 4. The van der Waals surface area contributed by atoms with Crippen LogP contribution < -0.4 is 5.32 Å². The summed E-state index contributed by atoms with van der Waals surface area (Å²) in [7, 11) is 3.27. The van der Waals surface area contributed by atoms with E-state index in [0.717, 1.165) is 5.56 Å². The van der Waals surface area contributed by atoms with Gasteiger partial charge in [0.05, 0.1) is 0 Å². The highest BCUT2D eigenvalue weighted by atomic mass is 16.5. The molecule has 0 saturated heterocycles. The van der Waals surface area contributed by atoms with Crippen LogP contribution in [0.5, 0.6) is 0 Å². The summed E-state index contributed by atoms with van der Waals surface area (Å²) < 4.78 is 4.98. The number of nitrogens with one attached hydrogen (secondary N) is 1. The van der Waals surface area contributed by atoms with E-state index in [2.05, 4.69) is 5.32 Å². The molecule has 1 aromatic rings. The molecule has 104 valence electrons. The third kappa shape index (κ3) is 5.39. The average Bonchev–Trinajstić information content (AvgIpc) is 2.37. The maximum atomic E-state index is 11.4. The Bertz CT molecular complexity index is 420. The summed E-state index contributed by atoms with van der Waals surface area (Å²) in [6.45, 7) is 0.155. The Labute approximate surface area is 112 Å². The van der Waals surface area contributed by atoms with Crippen molar-refractivity contribution in [1.82, 2.24) is 10.2 Å². The van der Waals surface area contributed by atoms with Crippen molar-refractivity contribution in [3.8, 4) is 0 Å². The van der Waals surface area contributed by atoms with E-state index in [1.807, 2.05) is 30.3 Å². The number of amides is 1. The largest absolute Gasteiger partial charge is 0.480 e. The Morgan fingerprint density at radius 3 is 2.47 bits per heavy atom. The number of hydrogen-bond donors (Lipinski definition) is 2. The average molecular weight is 266 g/mol. The minimum Gasteiger partial charge on any atom is -0.480 e. The molecule has 6 heteroatoms. The van der Waals surface area contributed by atoms with E-state index in [1.165, 1.54) is 4.90 Å². The van der Waals surface area contributed by atoms with Crippen LogP contribution in [-0.4, -0.2) is 48.8 Å². The Morgan fingerprint density at radius 1 is 1.32 bits per heavy atom. The SMILES string of the molecule is CN(C)[C@@H](CNC(=O)OCc1ccccc1)C(=O)O. The Morgan fingerprint density at radius 2 is 1.95 bits per heavy atom. The van der Waals surface area contributed by atoms with Gasteiger partial charge in [-0.15, -0.1) is 0 Å². The fraction of sp³-hybridized carbons (Fsp3) is 0.385. The zero-order chi connectivity index (χ0) is 14.3. The maximum Gasteiger partial charge on any atom is 0.407 e. The van der Waals surface area contributed by atoms with Gasteiger partial charge in [-0.1, -0.05) is 30.3 Å². The van der Waals surface area contributed by atoms with Crippen molar-refractivity contribution >= 4 is 12.1 Å². The number of benzene rings is 1. The first kappa shape index (κ1) is 15.0. The number of nitrogens with zero attached hydrogens (tertiary/aromatic N) is 1. The second-order valence-corrected chi connectivity index (χ2v) is 4.26. The first-order valence-electron chi connectivity index (χ1n) is 5.84. The van der Waals surface area contributed by atoms with Crippen molar-refractivity contribution in [2.24, 2.45) is 0 Å². The van der Waals surface area contributed by atoms with E-state index < -0.39 is 18.1 Å². The lowest BCUT2D eigenvalue weighted by molar-refractivity contribution is -0.142. The fourth-order valence-corrected chi connectivity index (χ4v) is 1.44. The van der Waals surface area contributed by atoms with Gasteiger partial charge in [-0.3, -0.25) is 9.69 Å². The molecule has 1 amide bonds. The number of alkyl carbamates (subject to hydrolysis) is 1. The van der Waals surface area contributed by atoms with Gasteiger partial charge in [-0.25, -0.2) is 4.79 Å². The summed E-state index contributed by atoms with van der Waals surface area (Å²) in [5.41, 5.74) is 0.875.